The van der Waals surface area contributed by atoms with Gasteiger partial charge in [-0.3, -0.25) is 0 Å². The molecule has 2 fully saturated rings. The number of rotatable bonds is 3. The zero-order valence-corrected chi connectivity index (χ0v) is 15.5. The maximum atomic E-state index is 15.4. The second-order valence-electron chi connectivity index (χ2n) is 7.10. The molecular formula is C17H19F2N3O4S. The molecule has 1 aromatic carbocycles. The van der Waals surface area contributed by atoms with Gasteiger partial charge in [0.05, 0.1) is 5.69 Å². The van der Waals surface area contributed by atoms with E-state index in [0.29, 0.717) is 39.0 Å². The minimum Gasteiger partial charge on any atom is -0.477 e. The van der Waals surface area contributed by atoms with Crippen LogP contribution >= 0.6 is 0 Å². The molecule has 2 aliphatic heterocycles. The van der Waals surface area contributed by atoms with Gasteiger partial charge in [0.2, 0.25) is 9.84 Å². The van der Waals surface area contributed by atoms with E-state index >= 15 is 4.39 Å². The first-order chi connectivity index (χ1) is 12.7. The maximum Gasteiger partial charge on any atom is 0.349 e. The summed E-state index contributed by atoms with van der Waals surface area (Å²) in [6.45, 7) is 2.08. The summed E-state index contributed by atoms with van der Waals surface area (Å²) < 4.78 is 55.5. The summed E-state index contributed by atoms with van der Waals surface area (Å²) in [5, 5.41) is 9.27. The second kappa shape index (κ2) is 6.16. The molecule has 2 heterocycles. The van der Waals surface area contributed by atoms with Gasteiger partial charge in [-0.2, -0.15) is 0 Å². The topological polar surface area (TPSA) is 81.2 Å². The molecule has 0 atom stereocenters. The first kappa shape index (κ1) is 18.2. The molecule has 1 aromatic rings. The Morgan fingerprint density at radius 2 is 1.78 bits per heavy atom. The standard InChI is InChI=1S/C17H19F2N3O4S/c1-20-4-6-21(7-5-20)15-11(18)8-12-16(14(15)19)22(10-2-3-10)9-13(17(23)24)27(12,25)26/h8-10H,2-7H2,1H3,(H,23,24). The summed E-state index contributed by atoms with van der Waals surface area (Å²) >= 11 is 0. The number of nitrogens with zero attached hydrogens (tertiary/aromatic N) is 3. The lowest BCUT2D eigenvalue weighted by atomic mass is 10.1. The summed E-state index contributed by atoms with van der Waals surface area (Å²) in [6.07, 6.45) is 2.33. The van der Waals surface area contributed by atoms with Crippen LogP contribution in [0.4, 0.5) is 20.2 Å². The summed E-state index contributed by atoms with van der Waals surface area (Å²) in [4.78, 5) is 14.9. The van der Waals surface area contributed by atoms with E-state index in [-0.39, 0.29) is 17.4 Å². The monoisotopic (exact) mass is 399 g/mol. The van der Waals surface area contributed by atoms with Crippen LogP contribution in [0.3, 0.4) is 0 Å². The predicted octanol–water partition coefficient (Wildman–Crippen LogP) is 1.40. The van der Waals surface area contributed by atoms with Gasteiger partial charge in [-0.05, 0) is 26.0 Å². The van der Waals surface area contributed by atoms with Crippen molar-refractivity contribution < 1.29 is 27.1 Å². The number of carboxylic acid groups (broad SMARTS) is 1. The fraction of sp³-hybridized carbons (Fsp3) is 0.471. The lowest BCUT2D eigenvalue weighted by Crippen LogP contribution is -2.45. The molecule has 0 unspecified atom stereocenters. The number of hydrogen-bond acceptors (Lipinski definition) is 6. The number of piperazine rings is 1. The average molecular weight is 399 g/mol. The summed E-state index contributed by atoms with van der Waals surface area (Å²) in [6, 6.07) is 0.570. The van der Waals surface area contributed by atoms with Crippen molar-refractivity contribution in [1.29, 1.82) is 0 Å². The largest absolute Gasteiger partial charge is 0.477 e. The lowest BCUT2D eigenvalue weighted by molar-refractivity contribution is -0.131. The van der Waals surface area contributed by atoms with Gasteiger partial charge >= 0.3 is 5.97 Å². The maximum absolute atomic E-state index is 15.4. The predicted molar refractivity (Wildman–Crippen MR) is 94.5 cm³/mol. The Bertz CT molecular complexity index is 951. The van der Waals surface area contributed by atoms with Crippen molar-refractivity contribution in [3.8, 4) is 0 Å². The molecule has 0 bridgehead atoms. The number of carboxylic acids is 1. The second-order valence-corrected chi connectivity index (χ2v) is 8.98. The molecule has 3 aliphatic rings. The highest BCUT2D eigenvalue weighted by Gasteiger charge is 2.43. The fourth-order valence-electron chi connectivity index (χ4n) is 3.53. The summed E-state index contributed by atoms with van der Waals surface area (Å²) in [5.41, 5.74) is -0.507. The van der Waals surface area contributed by atoms with Crippen LogP contribution in [0.25, 0.3) is 0 Å². The molecule has 7 nitrogen and oxygen atoms in total. The molecule has 146 valence electrons. The third kappa shape index (κ3) is 2.87. The molecule has 10 heteroatoms. The van der Waals surface area contributed by atoms with E-state index in [9.17, 15) is 22.7 Å². The van der Waals surface area contributed by atoms with Crippen molar-refractivity contribution in [3.63, 3.8) is 0 Å². The number of halogens is 2. The lowest BCUT2D eigenvalue weighted by Gasteiger charge is -2.36. The van der Waals surface area contributed by atoms with Crippen LogP contribution in [0.15, 0.2) is 22.1 Å². The Morgan fingerprint density at radius 1 is 1.15 bits per heavy atom. The SMILES string of the molecule is CN1CCN(c2c(F)cc3c(c2F)N(C2CC2)C=C(C(=O)O)S3(=O)=O)CC1. The van der Waals surface area contributed by atoms with Crippen molar-refractivity contribution in [2.45, 2.75) is 23.8 Å². The van der Waals surface area contributed by atoms with Gasteiger partial charge in [-0.1, -0.05) is 0 Å². The van der Waals surface area contributed by atoms with E-state index in [4.69, 9.17) is 0 Å². The number of fused-ring (bicyclic) bond motifs is 1. The molecule has 0 radical (unpaired) electrons. The number of aliphatic carboxylic acids is 1. The third-order valence-electron chi connectivity index (χ3n) is 5.20. The number of sulfone groups is 1. The van der Waals surface area contributed by atoms with E-state index in [1.807, 2.05) is 11.9 Å². The quantitative estimate of drug-likeness (QED) is 0.823. The molecule has 1 saturated carbocycles. The normalized spacial score (nSPS) is 22.4. The third-order valence-corrected chi connectivity index (χ3v) is 6.95. The number of anilines is 2. The van der Waals surface area contributed by atoms with Crippen LogP contribution in [-0.2, 0) is 14.6 Å². The fourth-order valence-corrected chi connectivity index (χ4v) is 4.96. The number of hydrogen-bond donors (Lipinski definition) is 1. The van der Waals surface area contributed by atoms with Crippen LogP contribution in [-0.4, -0.2) is 63.7 Å². The Kier molecular flexibility index (Phi) is 4.15. The van der Waals surface area contributed by atoms with Crippen molar-refractivity contribution in [1.82, 2.24) is 4.90 Å². The number of benzene rings is 1. The number of carbonyl (C=O) groups is 1. The van der Waals surface area contributed by atoms with Gasteiger partial charge in [0, 0.05) is 38.4 Å². The minimum atomic E-state index is -4.51. The highest BCUT2D eigenvalue weighted by atomic mass is 32.2. The minimum absolute atomic E-state index is 0.186. The number of likely N-dealkylation sites (N-methyl/N-ethyl adjacent to an activating group) is 1. The van der Waals surface area contributed by atoms with Gasteiger partial charge in [0.1, 0.15) is 10.6 Å². The van der Waals surface area contributed by atoms with Gasteiger partial charge in [-0.15, -0.1) is 0 Å². The van der Waals surface area contributed by atoms with E-state index in [1.165, 1.54) is 4.90 Å². The first-order valence-corrected chi connectivity index (χ1v) is 10.1. The highest BCUT2D eigenvalue weighted by molar-refractivity contribution is 7.96. The van der Waals surface area contributed by atoms with Crippen LogP contribution in [0.1, 0.15) is 12.8 Å². The highest BCUT2D eigenvalue weighted by Crippen LogP contribution is 2.46. The van der Waals surface area contributed by atoms with Crippen LogP contribution < -0.4 is 9.80 Å². The first-order valence-electron chi connectivity index (χ1n) is 8.66. The van der Waals surface area contributed by atoms with Crippen LogP contribution in [0.5, 0.6) is 0 Å². The van der Waals surface area contributed by atoms with Crippen molar-refractivity contribution in [2.75, 3.05) is 43.0 Å². The molecule has 1 aliphatic carbocycles. The average Bonchev–Trinajstić information content (AvgIpc) is 3.42. The van der Waals surface area contributed by atoms with Gasteiger partial charge in [0.25, 0.3) is 0 Å². The van der Waals surface area contributed by atoms with Crippen molar-refractivity contribution >= 4 is 27.2 Å². The Hall–Kier alpha value is -2.20. The van der Waals surface area contributed by atoms with Crippen LogP contribution in [0, 0.1) is 11.6 Å². The molecule has 27 heavy (non-hydrogen) atoms. The summed E-state index contributed by atoms with van der Waals surface area (Å²) in [5.74, 6) is -3.59. The Balaban J connectivity index is 1.90. The molecule has 0 spiro atoms. The molecule has 0 amide bonds. The zero-order valence-electron chi connectivity index (χ0n) is 14.7. The molecule has 1 N–H and O–H groups in total. The van der Waals surface area contributed by atoms with Crippen molar-refractivity contribution in [2.24, 2.45) is 0 Å². The van der Waals surface area contributed by atoms with E-state index in [2.05, 4.69) is 0 Å². The van der Waals surface area contributed by atoms with Gasteiger partial charge in [-0.25, -0.2) is 22.0 Å². The Labute approximate surface area is 155 Å². The van der Waals surface area contributed by atoms with Crippen LogP contribution in [0.2, 0.25) is 0 Å². The van der Waals surface area contributed by atoms with Crippen molar-refractivity contribution in [3.05, 3.63) is 28.8 Å². The van der Waals surface area contributed by atoms with E-state index in [0.717, 1.165) is 12.3 Å². The van der Waals surface area contributed by atoms with Gasteiger partial charge < -0.3 is 19.8 Å². The molecule has 0 aromatic heterocycles. The van der Waals surface area contributed by atoms with Gasteiger partial charge in [0.15, 0.2) is 16.5 Å². The summed E-state index contributed by atoms with van der Waals surface area (Å²) in [7, 11) is -2.60. The molecule has 1 saturated heterocycles. The Morgan fingerprint density at radius 3 is 2.33 bits per heavy atom. The molecule has 4 rings (SSSR count). The van der Waals surface area contributed by atoms with E-state index < -0.39 is 37.2 Å². The zero-order chi connectivity index (χ0) is 19.5. The molecular weight excluding hydrogens is 380 g/mol. The van der Waals surface area contributed by atoms with E-state index in [1.54, 1.807) is 4.90 Å². The smallest absolute Gasteiger partial charge is 0.349 e.